The molecular formula is C32H35N3O4. The van der Waals surface area contributed by atoms with Gasteiger partial charge in [-0.05, 0) is 105 Å². The minimum atomic E-state index is -0.934. The third-order valence-corrected chi connectivity index (χ3v) is 8.91. The number of aromatic nitrogens is 3. The van der Waals surface area contributed by atoms with Crippen molar-refractivity contribution in [2.75, 3.05) is 6.61 Å². The molecule has 1 aromatic carbocycles. The number of carboxylic acids is 1. The highest BCUT2D eigenvalue weighted by molar-refractivity contribution is 6.05. The molecule has 0 aliphatic heterocycles. The van der Waals surface area contributed by atoms with Crippen molar-refractivity contribution in [2.45, 2.75) is 63.7 Å². The first-order valence-corrected chi connectivity index (χ1v) is 14.2. The van der Waals surface area contributed by atoms with Crippen LogP contribution in [0, 0.1) is 17.8 Å². The number of carbonyl (C=O) groups is 2. The molecule has 2 aliphatic rings. The first kappa shape index (κ1) is 25.5. The van der Waals surface area contributed by atoms with Crippen molar-refractivity contribution in [1.82, 2.24) is 15.0 Å². The van der Waals surface area contributed by atoms with Gasteiger partial charge in [0, 0.05) is 35.5 Å². The molecule has 3 heterocycles. The van der Waals surface area contributed by atoms with E-state index in [0.29, 0.717) is 42.3 Å². The lowest BCUT2D eigenvalue weighted by atomic mass is 9.73. The molecule has 2 N–H and O–H groups in total. The van der Waals surface area contributed by atoms with E-state index >= 15 is 0 Å². The van der Waals surface area contributed by atoms with E-state index in [4.69, 9.17) is 9.84 Å². The van der Waals surface area contributed by atoms with Gasteiger partial charge in [0.05, 0.1) is 23.9 Å². The molecule has 6 rings (SSSR count). The Hall–Kier alpha value is -3.74. The number of H-pyrrole nitrogens is 1. The SMILES string of the molecule is O=C(O)c1ccc(OCC2CCCC(CC(=O)C3CCC(c4ccnc5cnc6[nH]ccc6c45)CC3)C2)cc1. The number of Topliss-reactive ketones (excluding diaryl/α,β-unsaturated/α-hetero) is 1. The molecule has 0 bridgehead atoms. The van der Waals surface area contributed by atoms with Gasteiger partial charge in [-0.1, -0.05) is 6.42 Å². The third-order valence-electron chi connectivity index (χ3n) is 8.91. The normalized spacial score (nSPS) is 23.6. The summed E-state index contributed by atoms with van der Waals surface area (Å²) >= 11 is 0. The van der Waals surface area contributed by atoms with Gasteiger partial charge in [0.1, 0.15) is 17.2 Å². The Labute approximate surface area is 228 Å². The maximum atomic E-state index is 13.3. The number of carbonyl (C=O) groups excluding carboxylic acids is 1. The van der Waals surface area contributed by atoms with E-state index in [1.807, 2.05) is 18.6 Å². The molecule has 2 saturated carbocycles. The first-order valence-electron chi connectivity index (χ1n) is 14.2. The summed E-state index contributed by atoms with van der Waals surface area (Å²) in [6.07, 6.45) is 14.7. The van der Waals surface area contributed by atoms with Crippen LogP contribution in [0.5, 0.6) is 5.75 Å². The molecule has 2 fully saturated rings. The summed E-state index contributed by atoms with van der Waals surface area (Å²) in [5, 5.41) is 11.4. The van der Waals surface area contributed by atoms with E-state index < -0.39 is 5.97 Å². The average molecular weight is 526 g/mol. The second-order valence-corrected chi connectivity index (χ2v) is 11.4. The van der Waals surface area contributed by atoms with Crippen LogP contribution in [0.15, 0.2) is 55.0 Å². The fourth-order valence-corrected chi connectivity index (χ4v) is 6.84. The second kappa shape index (κ2) is 11.2. The molecule has 39 heavy (non-hydrogen) atoms. The van der Waals surface area contributed by atoms with E-state index in [-0.39, 0.29) is 11.5 Å². The Kier molecular flexibility index (Phi) is 7.31. The van der Waals surface area contributed by atoms with E-state index in [0.717, 1.165) is 67.9 Å². The topological polar surface area (TPSA) is 105 Å². The molecule has 0 amide bonds. The van der Waals surface area contributed by atoms with Crippen LogP contribution in [0.1, 0.15) is 79.6 Å². The average Bonchev–Trinajstić information content (AvgIpc) is 3.46. The monoisotopic (exact) mass is 525 g/mol. The number of aromatic carboxylic acids is 1. The molecule has 202 valence electrons. The number of nitrogens with zero attached hydrogens (tertiary/aromatic N) is 2. The maximum absolute atomic E-state index is 13.3. The van der Waals surface area contributed by atoms with Gasteiger partial charge in [-0.15, -0.1) is 0 Å². The van der Waals surface area contributed by atoms with Gasteiger partial charge >= 0.3 is 5.97 Å². The lowest BCUT2D eigenvalue weighted by molar-refractivity contribution is -0.125. The molecule has 3 aromatic heterocycles. The van der Waals surface area contributed by atoms with E-state index in [9.17, 15) is 9.59 Å². The van der Waals surface area contributed by atoms with Crippen LogP contribution in [0.25, 0.3) is 21.9 Å². The minimum Gasteiger partial charge on any atom is -0.493 e. The molecule has 2 aliphatic carbocycles. The fourth-order valence-electron chi connectivity index (χ4n) is 6.84. The van der Waals surface area contributed by atoms with Crippen molar-refractivity contribution >= 4 is 33.7 Å². The number of hydrogen-bond acceptors (Lipinski definition) is 5. The van der Waals surface area contributed by atoms with Crippen molar-refractivity contribution in [2.24, 2.45) is 17.8 Å². The van der Waals surface area contributed by atoms with Gasteiger partial charge in [0.15, 0.2) is 0 Å². The molecule has 0 spiro atoms. The van der Waals surface area contributed by atoms with Crippen LogP contribution in [-0.4, -0.2) is 38.4 Å². The Balaban J connectivity index is 1.02. The van der Waals surface area contributed by atoms with E-state index in [1.165, 1.54) is 10.9 Å². The number of ether oxygens (including phenoxy) is 1. The van der Waals surface area contributed by atoms with Crippen LogP contribution >= 0.6 is 0 Å². The number of ketones is 1. The zero-order valence-electron chi connectivity index (χ0n) is 22.1. The van der Waals surface area contributed by atoms with Crippen LogP contribution in [-0.2, 0) is 4.79 Å². The quantitative estimate of drug-likeness (QED) is 0.258. The number of rotatable bonds is 8. The number of carboxylic acid groups (broad SMARTS) is 1. The molecule has 7 heteroatoms. The highest BCUT2D eigenvalue weighted by Gasteiger charge is 2.31. The summed E-state index contributed by atoms with van der Waals surface area (Å²) in [6.45, 7) is 0.617. The summed E-state index contributed by atoms with van der Waals surface area (Å²) in [6, 6.07) is 10.8. The zero-order chi connectivity index (χ0) is 26.8. The first-order chi connectivity index (χ1) is 19.0. The number of hydrogen-bond donors (Lipinski definition) is 2. The summed E-state index contributed by atoms with van der Waals surface area (Å²) in [7, 11) is 0. The van der Waals surface area contributed by atoms with Gasteiger partial charge < -0.3 is 14.8 Å². The largest absolute Gasteiger partial charge is 0.493 e. The maximum Gasteiger partial charge on any atom is 0.335 e. The van der Waals surface area contributed by atoms with Crippen LogP contribution in [0.2, 0.25) is 0 Å². The van der Waals surface area contributed by atoms with Crippen molar-refractivity contribution in [3.63, 3.8) is 0 Å². The van der Waals surface area contributed by atoms with Crippen LogP contribution in [0.4, 0.5) is 0 Å². The summed E-state index contributed by atoms with van der Waals surface area (Å²) in [4.78, 5) is 36.7. The van der Waals surface area contributed by atoms with Gasteiger partial charge in [-0.2, -0.15) is 0 Å². The smallest absolute Gasteiger partial charge is 0.335 e. The van der Waals surface area contributed by atoms with Crippen LogP contribution in [0.3, 0.4) is 0 Å². The summed E-state index contributed by atoms with van der Waals surface area (Å²) < 4.78 is 5.97. The molecule has 0 saturated heterocycles. The predicted octanol–water partition coefficient (Wildman–Crippen LogP) is 6.93. The second-order valence-electron chi connectivity index (χ2n) is 11.4. The molecule has 4 aromatic rings. The van der Waals surface area contributed by atoms with E-state index in [2.05, 4.69) is 27.1 Å². The third kappa shape index (κ3) is 5.54. The summed E-state index contributed by atoms with van der Waals surface area (Å²) in [5.41, 5.74) is 3.43. The Bertz CT molecular complexity index is 1470. The van der Waals surface area contributed by atoms with Gasteiger partial charge in [0.2, 0.25) is 0 Å². The van der Waals surface area contributed by atoms with Gasteiger partial charge in [0.25, 0.3) is 0 Å². The molecule has 2 atom stereocenters. The van der Waals surface area contributed by atoms with Crippen molar-refractivity contribution in [3.8, 4) is 5.75 Å². The Morgan fingerprint density at radius 3 is 2.54 bits per heavy atom. The molecule has 2 unspecified atom stereocenters. The number of pyridine rings is 2. The standard InChI is InChI=1S/C32H35N3O4/c36-29(17-20-2-1-3-21(16-20)19-39-25-10-8-24(9-11-25)32(37)38)23-6-4-22(5-7-23)26-12-14-33-28-18-35-31-27(30(26)28)13-15-34-31/h8-15,18,20-23H,1-7,16-17,19H2,(H,34,35)(H,37,38). The number of benzene rings is 1. The highest BCUT2D eigenvalue weighted by Crippen LogP contribution is 2.41. The summed E-state index contributed by atoms with van der Waals surface area (Å²) in [5.74, 6) is 1.70. The number of fused-ring (bicyclic) bond motifs is 3. The van der Waals surface area contributed by atoms with Crippen molar-refractivity contribution in [3.05, 3.63) is 66.1 Å². The fraction of sp³-hybridized carbons (Fsp3) is 0.438. The Morgan fingerprint density at radius 2 is 1.74 bits per heavy atom. The van der Waals surface area contributed by atoms with Crippen LogP contribution < -0.4 is 4.74 Å². The molecular weight excluding hydrogens is 490 g/mol. The lowest BCUT2D eigenvalue weighted by Gasteiger charge is -2.32. The molecule has 0 radical (unpaired) electrons. The van der Waals surface area contributed by atoms with E-state index in [1.54, 1.807) is 24.3 Å². The predicted molar refractivity (Wildman–Crippen MR) is 150 cm³/mol. The molecule has 7 nitrogen and oxygen atoms in total. The van der Waals surface area contributed by atoms with Gasteiger partial charge in [-0.25, -0.2) is 9.78 Å². The highest BCUT2D eigenvalue weighted by atomic mass is 16.5. The Morgan fingerprint density at radius 1 is 0.949 bits per heavy atom. The van der Waals surface area contributed by atoms with Crippen molar-refractivity contribution < 1.29 is 19.4 Å². The lowest BCUT2D eigenvalue weighted by Crippen LogP contribution is -2.27. The zero-order valence-corrected chi connectivity index (χ0v) is 22.1. The van der Waals surface area contributed by atoms with Gasteiger partial charge in [-0.3, -0.25) is 9.78 Å². The van der Waals surface area contributed by atoms with Crippen molar-refractivity contribution in [1.29, 1.82) is 0 Å². The number of nitrogens with one attached hydrogen (secondary N) is 1. The number of aromatic amines is 1. The minimum absolute atomic E-state index is 0.174.